The van der Waals surface area contributed by atoms with Gasteiger partial charge in [-0.25, -0.2) is 9.78 Å². The molecule has 162 valence electrons. The zero-order chi connectivity index (χ0) is 22.1. The summed E-state index contributed by atoms with van der Waals surface area (Å²) >= 11 is 6.40. The fourth-order valence-corrected chi connectivity index (χ4v) is 3.76. The number of amides is 2. The lowest BCUT2D eigenvalue weighted by Gasteiger charge is -2.36. The number of para-hydroxylation sites is 1. The Morgan fingerprint density at radius 3 is 2.47 bits per heavy atom. The van der Waals surface area contributed by atoms with Crippen molar-refractivity contribution in [1.29, 1.82) is 0 Å². The quantitative estimate of drug-likeness (QED) is 0.788. The molecule has 8 heteroatoms. The lowest BCUT2D eigenvalue weighted by atomic mass is 10.0. The third-order valence-corrected chi connectivity index (χ3v) is 5.33. The van der Waals surface area contributed by atoms with E-state index < -0.39 is 11.7 Å². The monoisotopic (exact) mass is 432 g/mol. The second kappa shape index (κ2) is 8.68. The van der Waals surface area contributed by atoms with E-state index in [1.54, 1.807) is 6.92 Å². The zero-order valence-corrected chi connectivity index (χ0v) is 18.9. The molecule has 1 aromatic heterocycles. The summed E-state index contributed by atoms with van der Waals surface area (Å²) in [5.74, 6) is 0.840. The fraction of sp³-hybridized carbons (Fsp3) is 0.500. The van der Waals surface area contributed by atoms with Crippen molar-refractivity contribution in [2.24, 2.45) is 0 Å². The van der Waals surface area contributed by atoms with E-state index in [0.717, 1.165) is 22.3 Å². The van der Waals surface area contributed by atoms with Crippen molar-refractivity contribution in [2.75, 3.05) is 31.1 Å². The van der Waals surface area contributed by atoms with Gasteiger partial charge < -0.3 is 19.9 Å². The number of rotatable bonds is 3. The van der Waals surface area contributed by atoms with E-state index in [1.165, 1.54) is 0 Å². The molecule has 2 heterocycles. The molecule has 1 N–H and O–H groups in total. The maximum atomic E-state index is 12.3. The van der Waals surface area contributed by atoms with Crippen LogP contribution in [0.1, 0.15) is 46.2 Å². The predicted molar refractivity (Wildman–Crippen MR) is 119 cm³/mol. The van der Waals surface area contributed by atoms with Crippen LogP contribution in [0.3, 0.4) is 0 Å². The number of carbonyl (C=O) groups is 2. The van der Waals surface area contributed by atoms with E-state index in [-0.39, 0.29) is 11.9 Å². The van der Waals surface area contributed by atoms with Gasteiger partial charge >= 0.3 is 6.09 Å². The zero-order valence-electron chi connectivity index (χ0n) is 18.2. The van der Waals surface area contributed by atoms with Crippen LogP contribution in [-0.4, -0.2) is 53.7 Å². The van der Waals surface area contributed by atoms with E-state index in [0.29, 0.717) is 31.2 Å². The van der Waals surface area contributed by atoms with Crippen LogP contribution in [0.2, 0.25) is 5.02 Å². The highest BCUT2D eigenvalue weighted by Crippen LogP contribution is 2.32. The Bertz CT molecular complexity index is 949. The number of anilines is 1. The van der Waals surface area contributed by atoms with Gasteiger partial charge in [0.15, 0.2) is 0 Å². The number of nitrogens with zero attached hydrogens (tertiary/aromatic N) is 3. The second-order valence-corrected chi connectivity index (χ2v) is 8.98. The molecule has 1 atom stereocenters. The maximum Gasteiger partial charge on any atom is 0.408 e. The van der Waals surface area contributed by atoms with Crippen molar-refractivity contribution in [3.8, 4) is 0 Å². The van der Waals surface area contributed by atoms with E-state index in [2.05, 4.69) is 10.2 Å². The number of alkyl carbamates (subject to hydrolysis) is 1. The van der Waals surface area contributed by atoms with Crippen molar-refractivity contribution in [1.82, 2.24) is 15.2 Å². The van der Waals surface area contributed by atoms with Crippen molar-refractivity contribution < 1.29 is 14.3 Å². The van der Waals surface area contributed by atoms with Gasteiger partial charge in [-0.2, -0.15) is 0 Å². The number of carbonyl (C=O) groups excluding carboxylic acids is 2. The molecule has 0 spiro atoms. The number of aromatic nitrogens is 1. The molecule has 0 bridgehead atoms. The molecule has 1 aliphatic heterocycles. The van der Waals surface area contributed by atoms with Gasteiger partial charge in [-0.15, -0.1) is 0 Å². The minimum Gasteiger partial charge on any atom is -0.444 e. The number of fused-ring (bicyclic) bond motifs is 1. The first-order valence-electron chi connectivity index (χ1n) is 10.1. The third kappa shape index (κ3) is 5.14. The normalized spacial score (nSPS) is 15.8. The SMILES string of the molecule is CC(=O)N1CCN(c2nc3c(Cl)cccc3cc2C(C)NC(=O)OC(C)(C)C)CC1. The minimum absolute atomic E-state index is 0.0735. The summed E-state index contributed by atoms with van der Waals surface area (Å²) < 4.78 is 5.41. The number of benzene rings is 1. The summed E-state index contributed by atoms with van der Waals surface area (Å²) in [6.07, 6.45) is -0.478. The number of nitrogens with one attached hydrogen (secondary N) is 1. The number of piperazine rings is 1. The lowest BCUT2D eigenvalue weighted by Crippen LogP contribution is -2.48. The van der Waals surface area contributed by atoms with E-state index in [1.807, 2.05) is 56.9 Å². The number of hydrogen-bond donors (Lipinski definition) is 1. The van der Waals surface area contributed by atoms with Gasteiger partial charge in [0.05, 0.1) is 16.6 Å². The van der Waals surface area contributed by atoms with Gasteiger partial charge in [-0.3, -0.25) is 4.79 Å². The number of halogens is 1. The number of ether oxygens (including phenoxy) is 1. The Labute approximate surface area is 182 Å². The number of hydrogen-bond acceptors (Lipinski definition) is 5. The van der Waals surface area contributed by atoms with Crippen molar-refractivity contribution in [3.63, 3.8) is 0 Å². The third-order valence-electron chi connectivity index (χ3n) is 5.03. The van der Waals surface area contributed by atoms with Crippen LogP contribution >= 0.6 is 11.6 Å². The van der Waals surface area contributed by atoms with Crippen molar-refractivity contribution >= 4 is 40.3 Å². The highest BCUT2D eigenvalue weighted by Gasteiger charge is 2.26. The molecule has 1 saturated heterocycles. The fourth-order valence-electron chi connectivity index (χ4n) is 3.54. The summed E-state index contributed by atoms with van der Waals surface area (Å²) in [5, 5.41) is 4.40. The van der Waals surface area contributed by atoms with Crippen LogP contribution in [0, 0.1) is 0 Å². The molecule has 30 heavy (non-hydrogen) atoms. The second-order valence-electron chi connectivity index (χ2n) is 8.57. The molecule has 1 aliphatic rings. The Kier molecular flexibility index (Phi) is 6.41. The molecule has 1 unspecified atom stereocenters. The predicted octanol–water partition coefficient (Wildman–Crippen LogP) is 4.14. The molecule has 3 rings (SSSR count). The molecule has 2 amide bonds. The Hall–Kier alpha value is -2.54. The summed E-state index contributed by atoms with van der Waals surface area (Å²) in [4.78, 5) is 32.9. The van der Waals surface area contributed by atoms with Crippen LogP contribution in [0.4, 0.5) is 10.6 Å². The molecular weight excluding hydrogens is 404 g/mol. The van der Waals surface area contributed by atoms with Crippen LogP contribution in [0.5, 0.6) is 0 Å². The Balaban J connectivity index is 1.94. The molecular formula is C22H29ClN4O3. The molecule has 0 aliphatic carbocycles. The topological polar surface area (TPSA) is 74.8 Å². The Morgan fingerprint density at radius 1 is 1.20 bits per heavy atom. The average molecular weight is 433 g/mol. The summed E-state index contributed by atoms with van der Waals surface area (Å²) in [5.41, 5.74) is 1.02. The summed E-state index contributed by atoms with van der Waals surface area (Å²) in [6.45, 7) is 11.6. The van der Waals surface area contributed by atoms with Gasteiger partial charge in [-0.1, -0.05) is 23.7 Å². The van der Waals surface area contributed by atoms with Gasteiger partial charge in [-0.05, 0) is 39.8 Å². The average Bonchev–Trinajstić information content (AvgIpc) is 2.66. The first kappa shape index (κ1) is 22.2. The standard InChI is InChI=1S/C22H29ClN4O3/c1-14(24-21(29)30-22(3,4)5)17-13-16-7-6-8-18(23)19(16)25-20(17)27-11-9-26(10-12-27)15(2)28/h6-8,13-14H,9-12H2,1-5H3,(H,24,29). The van der Waals surface area contributed by atoms with E-state index in [4.69, 9.17) is 21.3 Å². The van der Waals surface area contributed by atoms with E-state index >= 15 is 0 Å². The first-order valence-corrected chi connectivity index (χ1v) is 10.5. The minimum atomic E-state index is -0.579. The molecule has 1 aromatic carbocycles. The van der Waals surface area contributed by atoms with Crippen LogP contribution < -0.4 is 10.2 Å². The van der Waals surface area contributed by atoms with Crippen LogP contribution in [0.15, 0.2) is 24.3 Å². The number of pyridine rings is 1. The first-order chi connectivity index (χ1) is 14.0. The lowest BCUT2D eigenvalue weighted by molar-refractivity contribution is -0.129. The summed E-state index contributed by atoms with van der Waals surface area (Å²) in [7, 11) is 0. The summed E-state index contributed by atoms with van der Waals surface area (Å²) in [6, 6.07) is 7.35. The maximum absolute atomic E-state index is 12.3. The van der Waals surface area contributed by atoms with Crippen molar-refractivity contribution in [2.45, 2.75) is 46.3 Å². The molecule has 0 radical (unpaired) electrons. The van der Waals surface area contributed by atoms with Gasteiger partial charge in [0.2, 0.25) is 5.91 Å². The van der Waals surface area contributed by atoms with Gasteiger partial charge in [0.25, 0.3) is 0 Å². The largest absolute Gasteiger partial charge is 0.444 e. The van der Waals surface area contributed by atoms with Gasteiger partial charge in [0, 0.05) is 44.1 Å². The van der Waals surface area contributed by atoms with Crippen molar-refractivity contribution in [3.05, 3.63) is 34.9 Å². The Morgan fingerprint density at radius 2 is 1.87 bits per heavy atom. The molecule has 2 aromatic rings. The molecule has 0 saturated carbocycles. The molecule has 7 nitrogen and oxygen atoms in total. The smallest absolute Gasteiger partial charge is 0.408 e. The van der Waals surface area contributed by atoms with E-state index in [9.17, 15) is 9.59 Å². The van der Waals surface area contributed by atoms with Crippen LogP contribution in [0.25, 0.3) is 10.9 Å². The highest BCUT2D eigenvalue weighted by atomic mass is 35.5. The van der Waals surface area contributed by atoms with Crippen LogP contribution in [-0.2, 0) is 9.53 Å². The molecule has 1 fully saturated rings. The highest BCUT2D eigenvalue weighted by molar-refractivity contribution is 6.35. The van der Waals surface area contributed by atoms with Gasteiger partial charge in [0.1, 0.15) is 11.4 Å².